The summed E-state index contributed by atoms with van der Waals surface area (Å²) in [6.45, 7) is 5.90. The van der Waals surface area contributed by atoms with Crippen LogP contribution in [0.2, 0.25) is 5.15 Å². The van der Waals surface area contributed by atoms with Gasteiger partial charge in [-0.25, -0.2) is 4.98 Å². The highest BCUT2D eigenvalue weighted by atomic mass is 35.5. The fraction of sp³-hybridized carbons (Fsp3) is 0.500. The average molecular weight is 228 g/mol. The third kappa shape index (κ3) is 3.47. The number of amides is 1. The van der Waals surface area contributed by atoms with Gasteiger partial charge in [-0.1, -0.05) is 18.5 Å². The number of rotatable bonds is 3. The number of hydrogen-bond donors (Lipinski definition) is 1. The molecule has 1 heterocycles. The summed E-state index contributed by atoms with van der Waals surface area (Å²) < 4.78 is 0. The highest BCUT2D eigenvalue weighted by molar-refractivity contribution is 6.29. The summed E-state index contributed by atoms with van der Waals surface area (Å²) in [5.41, 5.74) is -0.00909. The van der Waals surface area contributed by atoms with Crippen LogP contribution in [0.5, 0.6) is 0 Å². The van der Waals surface area contributed by atoms with Crippen LogP contribution in [0.1, 0.15) is 37.7 Å². The highest BCUT2D eigenvalue weighted by Gasteiger charge is 2.19. The maximum Gasteiger partial charge on any atom is 0.271 e. The molecule has 1 rings (SSSR count). The Morgan fingerprint density at radius 1 is 1.53 bits per heavy atom. The van der Waals surface area contributed by atoms with Crippen molar-refractivity contribution in [1.29, 1.82) is 0 Å². The molecular weight excluding hydrogens is 214 g/mol. The van der Waals surface area contributed by atoms with Gasteiger partial charge in [-0.15, -0.1) is 0 Å². The van der Waals surface area contributed by atoms with Crippen molar-refractivity contribution in [2.45, 2.75) is 32.7 Å². The first-order valence-corrected chi connectivity index (χ1v) is 5.12. The van der Waals surface area contributed by atoms with Crippen molar-refractivity contribution in [3.05, 3.63) is 23.2 Å². The molecule has 0 aliphatic heterocycles. The fourth-order valence-electron chi connectivity index (χ4n) is 0.911. The number of halogens is 1. The maximum absolute atomic E-state index is 11.7. The van der Waals surface area contributed by atoms with Gasteiger partial charge in [0.05, 0.1) is 12.4 Å². The van der Waals surface area contributed by atoms with E-state index in [9.17, 15) is 4.79 Å². The molecule has 0 bridgehead atoms. The van der Waals surface area contributed by atoms with Crippen molar-refractivity contribution < 1.29 is 4.79 Å². The Labute approximate surface area is 94.1 Å². The maximum atomic E-state index is 11.7. The second-order valence-electron chi connectivity index (χ2n) is 3.92. The van der Waals surface area contributed by atoms with E-state index < -0.39 is 0 Å². The quantitative estimate of drug-likeness (QED) is 0.860. The highest BCUT2D eigenvalue weighted by Crippen LogP contribution is 2.09. The zero-order chi connectivity index (χ0) is 11.5. The fourth-order valence-corrected chi connectivity index (χ4v) is 1.06. The number of carbonyl (C=O) groups is 1. The predicted octanol–water partition coefficient (Wildman–Crippen LogP) is 2.05. The van der Waals surface area contributed by atoms with E-state index in [0.29, 0.717) is 0 Å². The van der Waals surface area contributed by atoms with E-state index >= 15 is 0 Å². The summed E-state index contributed by atoms with van der Waals surface area (Å²) >= 11 is 5.64. The largest absolute Gasteiger partial charge is 0.346 e. The van der Waals surface area contributed by atoms with Gasteiger partial charge >= 0.3 is 0 Å². The monoisotopic (exact) mass is 227 g/mol. The molecular formula is C10H14ClN3O. The first-order valence-electron chi connectivity index (χ1n) is 4.74. The van der Waals surface area contributed by atoms with Gasteiger partial charge < -0.3 is 5.32 Å². The van der Waals surface area contributed by atoms with E-state index in [1.807, 2.05) is 20.8 Å². The number of nitrogens with zero attached hydrogens (tertiary/aromatic N) is 2. The first-order chi connectivity index (χ1) is 6.94. The van der Waals surface area contributed by atoms with Crippen LogP contribution in [0.4, 0.5) is 0 Å². The molecule has 1 N–H and O–H groups in total. The third-order valence-electron chi connectivity index (χ3n) is 2.17. The van der Waals surface area contributed by atoms with Gasteiger partial charge in [0.25, 0.3) is 5.91 Å². The zero-order valence-electron chi connectivity index (χ0n) is 9.04. The lowest BCUT2D eigenvalue weighted by atomic mass is 10.0. The predicted molar refractivity (Wildman–Crippen MR) is 58.9 cm³/mol. The van der Waals surface area contributed by atoms with Crippen LogP contribution in [-0.2, 0) is 0 Å². The van der Waals surface area contributed by atoms with Gasteiger partial charge in [0, 0.05) is 5.54 Å². The van der Waals surface area contributed by atoms with Crippen LogP contribution >= 0.6 is 11.6 Å². The summed E-state index contributed by atoms with van der Waals surface area (Å²) in [5, 5.41) is 3.07. The molecule has 0 fully saturated rings. The molecule has 15 heavy (non-hydrogen) atoms. The van der Waals surface area contributed by atoms with Gasteiger partial charge in [0.2, 0.25) is 0 Å². The molecule has 1 amide bonds. The number of hydrogen-bond acceptors (Lipinski definition) is 3. The van der Waals surface area contributed by atoms with Crippen molar-refractivity contribution >= 4 is 17.5 Å². The molecule has 82 valence electrons. The molecule has 1 aromatic heterocycles. The van der Waals surface area contributed by atoms with Crippen molar-refractivity contribution in [2.24, 2.45) is 0 Å². The van der Waals surface area contributed by atoms with Crippen molar-refractivity contribution in [3.8, 4) is 0 Å². The molecule has 1 aromatic rings. The number of aromatic nitrogens is 2. The molecule has 0 saturated carbocycles. The summed E-state index contributed by atoms with van der Waals surface area (Å²) in [6, 6.07) is 0. The van der Waals surface area contributed by atoms with Crippen molar-refractivity contribution in [3.63, 3.8) is 0 Å². The second-order valence-corrected chi connectivity index (χ2v) is 4.31. The Balaban J connectivity index is 2.78. The van der Waals surface area contributed by atoms with E-state index in [1.165, 1.54) is 12.4 Å². The van der Waals surface area contributed by atoms with Crippen LogP contribution in [0, 0.1) is 0 Å². The molecule has 0 unspecified atom stereocenters. The van der Waals surface area contributed by atoms with Crippen molar-refractivity contribution in [1.82, 2.24) is 15.3 Å². The number of nitrogens with one attached hydrogen (secondary N) is 1. The Hall–Kier alpha value is -1.16. The van der Waals surface area contributed by atoms with Gasteiger partial charge in [-0.2, -0.15) is 0 Å². The van der Waals surface area contributed by atoms with Crippen LogP contribution in [0.3, 0.4) is 0 Å². The lowest BCUT2D eigenvalue weighted by Crippen LogP contribution is -2.43. The minimum Gasteiger partial charge on any atom is -0.346 e. The Morgan fingerprint density at radius 3 is 2.73 bits per heavy atom. The van der Waals surface area contributed by atoms with E-state index in [0.717, 1.165) is 6.42 Å². The Morgan fingerprint density at radius 2 is 2.20 bits per heavy atom. The van der Waals surface area contributed by atoms with Gasteiger partial charge in [-0.3, -0.25) is 9.78 Å². The second kappa shape index (κ2) is 4.57. The van der Waals surface area contributed by atoms with Crippen LogP contribution in [-0.4, -0.2) is 21.4 Å². The summed E-state index contributed by atoms with van der Waals surface area (Å²) in [5.74, 6) is -0.253. The van der Waals surface area contributed by atoms with Gasteiger partial charge in [0.1, 0.15) is 10.8 Å². The Kier molecular flexibility index (Phi) is 3.63. The van der Waals surface area contributed by atoms with E-state index in [2.05, 4.69) is 15.3 Å². The van der Waals surface area contributed by atoms with Crippen LogP contribution in [0.15, 0.2) is 12.4 Å². The summed E-state index contributed by atoms with van der Waals surface area (Å²) in [7, 11) is 0. The molecule has 0 spiro atoms. The normalized spacial score (nSPS) is 11.2. The lowest BCUT2D eigenvalue weighted by molar-refractivity contribution is 0.0905. The molecule has 0 aliphatic carbocycles. The molecule has 0 radical (unpaired) electrons. The molecule has 4 nitrogen and oxygen atoms in total. The first kappa shape index (κ1) is 11.9. The molecule has 5 heteroatoms. The van der Waals surface area contributed by atoms with Crippen molar-refractivity contribution in [2.75, 3.05) is 0 Å². The van der Waals surface area contributed by atoms with Crippen LogP contribution < -0.4 is 5.32 Å². The molecule has 0 saturated heterocycles. The van der Waals surface area contributed by atoms with Gasteiger partial charge in [0.15, 0.2) is 0 Å². The van der Waals surface area contributed by atoms with Gasteiger partial charge in [-0.05, 0) is 20.3 Å². The SMILES string of the molecule is CCC(C)(C)NC(=O)c1cncc(Cl)n1. The molecule has 0 atom stereocenters. The minimum atomic E-state index is -0.253. The topological polar surface area (TPSA) is 54.9 Å². The van der Waals surface area contributed by atoms with Crippen LogP contribution in [0.25, 0.3) is 0 Å². The minimum absolute atomic E-state index is 0.219. The Bertz CT molecular complexity index is 365. The van der Waals surface area contributed by atoms with E-state index in [-0.39, 0.29) is 22.3 Å². The van der Waals surface area contributed by atoms with E-state index in [4.69, 9.17) is 11.6 Å². The zero-order valence-corrected chi connectivity index (χ0v) is 9.80. The summed E-state index contributed by atoms with van der Waals surface area (Å²) in [6.07, 6.45) is 3.63. The summed E-state index contributed by atoms with van der Waals surface area (Å²) in [4.78, 5) is 19.4. The standard InChI is InChI=1S/C10H14ClN3O/c1-4-10(2,3)14-9(15)7-5-12-6-8(11)13-7/h5-6H,4H2,1-3H3,(H,14,15). The third-order valence-corrected chi connectivity index (χ3v) is 2.36. The number of carbonyl (C=O) groups excluding carboxylic acids is 1. The van der Waals surface area contributed by atoms with E-state index in [1.54, 1.807) is 0 Å². The molecule has 0 aromatic carbocycles. The smallest absolute Gasteiger partial charge is 0.271 e. The molecule has 0 aliphatic rings. The lowest BCUT2D eigenvalue weighted by Gasteiger charge is -2.23. The average Bonchev–Trinajstić information content (AvgIpc) is 2.17.